The number of carbonyl (C=O) groups is 3. The van der Waals surface area contributed by atoms with Gasteiger partial charge < -0.3 is 20.1 Å². The first kappa shape index (κ1) is 16.2. The van der Waals surface area contributed by atoms with Gasteiger partial charge in [0.05, 0.1) is 19.6 Å². The van der Waals surface area contributed by atoms with Gasteiger partial charge in [0.1, 0.15) is 0 Å². The number of carbonyl (C=O) groups excluding carboxylic acids is 2. The largest absolute Gasteiger partial charge is 0.480 e. The second-order valence-corrected chi connectivity index (χ2v) is 4.44. The molecule has 1 rings (SSSR count). The minimum Gasteiger partial charge on any atom is -0.480 e. The van der Waals surface area contributed by atoms with E-state index in [1.54, 1.807) is 16.7 Å². The Morgan fingerprint density at radius 2 is 1.85 bits per heavy atom. The van der Waals surface area contributed by atoms with E-state index in [1.807, 2.05) is 0 Å². The number of piperazine rings is 1. The Morgan fingerprint density at radius 3 is 2.40 bits per heavy atom. The summed E-state index contributed by atoms with van der Waals surface area (Å²) >= 11 is 0. The molecule has 114 valence electrons. The lowest BCUT2D eigenvalue weighted by Crippen LogP contribution is -2.52. The van der Waals surface area contributed by atoms with Crippen LogP contribution >= 0.6 is 0 Å². The number of rotatable bonds is 6. The summed E-state index contributed by atoms with van der Waals surface area (Å²) in [7, 11) is 0. The molecule has 0 aliphatic carbocycles. The van der Waals surface area contributed by atoms with E-state index in [4.69, 9.17) is 9.84 Å². The second kappa shape index (κ2) is 8.36. The van der Waals surface area contributed by atoms with E-state index in [-0.39, 0.29) is 31.5 Å². The molecule has 0 aromatic heterocycles. The van der Waals surface area contributed by atoms with Gasteiger partial charge in [-0.15, -0.1) is 0 Å². The third-order valence-electron chi connectivity index (χ3n) is 2.93. The molecule has 8 heteroatoms. The zero-order valence-electron chi connectivity index (χ0n) is 11.6. The predicted molar refractivity (Wildman–Crippen MR) is 70.3 cm³/mol. The van der Waals surface area contributed by atoms with Crippen LogP contribution in [-0.2, 0) is 14.3 Å². The lowest BCUT2D eigenvalue weighted by Gasteiger charge is -2.33. The summed E-state index contributed by atoms with van der Waals surface area (Å²) in [5.74, 6) is -1.20. The van der Waals surface area contributed by atoms with Gasteiger partial charge in [-0.05, 0) is 6.92 Å². The van der Waals surface area contributed by atoms with Crippen LogP contribution in [0.5, 0.6) is 0 Å². The van der Waals surface area contributed by atoms with Crippen molar-refractivity contribution in [2.45, 2.75) is 13.3 Å². The molecule has 0 bridgehead atoms. The summed E-state index contributed by atoms with van der Waals surface area (Å²) in [6.45, 7) is 4.35. The van der Waals surface area contributed by atoms with Crippen LogP contribution in [0.4, 0.5) is 4.79 Å². The van der Waals surface area contributed by atoms with Crippen molar-refractivity contribution in [3.63, 3.8) is 0 Å². The van der Waals surface area contributed by atoms with E-state index in [0.717, 1.165) is 0 Å². The highest BCUT2D eigenvalue weighted by molar-refractivity contribution is 5.75. The highest BCUT2D eigenvalue weighted by Gasteiger charge is 2.21. The number of nitrogens with one attached hydrogen (secondary N) is 1. The first-order valence-corrected chi connectivity index (χ1v) is 6.65. The van der Waals surface area contributed by atoms with Crippen molar-refractivity contribution in [2.24, 2.45) is 0 Å². The first-order chi connectivity index (χ1) is 9.52. The molecule has 1 heterocycles. The SMILES string of the molecule is CCOC(=O)CCNC(=O)N1CCN(CC(=O)O)CC1. The number of carboxylic acid groups (broad SMARTS) is 1. The van der Waals surface area contributed by atoms with Crippen LogP contribution in [0, 0.1) is 0 Å². The van der Waals surface area contributed by atoms with Crippen molar-refractivity contribution >= 4 is 18.0 Å². The molecule has 0 unspecified atom stereocenters. The van der Waals surface area contributed by atoms with Crippen LogP contribution in [0.3, 0.4) is 0 Å². The average Bonchev–Trinajstić information content (AvgIpc) is 2.39. The molecule has 0 atom stereocenters. The molecule has 0 aromatic carbocycles. The molecule has 2 amide bonds. The number of hydrogen-bond donors (Lipinski definition) is 2. The summed E-state index contributed by atoms with van der Waals surface area (Å²) in [5, 5.41) is 11.3. The molecule has 1 aliphatic rings. The number of ether oxygens (including phenoxy) is 1. The van der Waals surface area contributed by atoms with Crippen LogP contribution in [0.25, 0.3) is 0 Å². The average molecular weight is 287 g/mol. The topological polar surface area (TPSA) is 99.2 Å². The van der Waals surface area contributed by atoms with Crippen LogP contribution in [0.1, 0.15) is 13.3 Å². The quantitative estimate of drug-likeness (QED) is 0.630. The van der Waals surface area contributed by atoms with E-state index in [0.29, 0.717) is 32.8 Å². The molecule has 8 nitrogen and oxygen atoms in total. The number of carboxylic acids is 1. The van der Waals surface area contributed by atoms with Gasteiger partial charge in [-0.25, -0.2) is 4.79 Å². The Labute approximate surface area is 117 Å². The number of nitrogens with zero attached hydrogens (tertiary/aromatic N) is 2. The summed E-state index contributed by atoms with van der Waals surface area (Å²) < 4.78 is 4.75. The highest BCUT2D eigenvalue weighted by Crippen LogP contribution is 2.01. The van der Waals surface area contributed by atoms with Gasteiger partial charge in [0.2, 0.25) is 0 Å². The van der Waals surface area contributed by atoms with Crippen LogP contribution in [0.2, 0.25) is 0 Å². The van der Waals surface area contributed by atoms with E-state index >= 15 is 0 Å². The molecule has 1 fully saturated rings. The number of hydrogen-bond acceptors (Lipinski definition) is 5. The molecule has 1 aliphatic heterocycles. The molecule has 0 spiro atoms. The van der Waals surface area contributed by atoms with Gasteiger partial charge in [0, 0.05) is 32.7 Å². The van der Waals surface area contributed by atoms with E-state index in [2.05, 4.69) is 5.32 Å². The second-order valence-electron chi connectivity index (χ2n) is 4.44. The maximum atomic E-state index is 11.8. The third-order valence-corrected chi connectivity index (χ3v) is 2.93. The summed E-state index contributed by atoms with van der Waals surface area (Å²) in [6.07, 6.45) is 0.151. The third kappa shape index (κ3) is 5.87. The van der Waals surface area contributed by atoms with Crippen molar-refractivity contribution in [1.29, 1.82) is 0 Å². The van der Waals surface area contributed by atoms with Gasteiger partial charge in [-0.3, -0.25) is 14.5 Å². The van der Waals surface area contributed by atoms with Gasteiger partial charge in [0.15, 0.2) is 0 Å². The lowest BCUT2D eigenvalue weighted by atomic mass is 10.3. The Morgan fingerprint density at radius 1 is 1.20 bits per heavy atom. The number of esters is 1. The molecule has 2 N–H and O–H groups in total. The van der Waals surface area contributed by atoms with Crippen molar-refractivity contribution in [3.05, 3.63) is 0 Å². The van der Waals surface area contributed by atoms with Gasteiger partial charge in [0.25, 0.3) is 0 Å². The minimum absolute atomic E-state index is 0.00167. The van der Waals surface area contributed by atoms with E-state index in [1.165, 1.54) is 0 Å². The Bertz CT molecular complexity index is 353. The van der Waals surface area contributed by atoms with Crippen molar-refractivity contribution < 1.29 is 24.2 Å². The highest BCUT2D eigenvalue weighted by atomic mass is 16.5. The fourth-order valence-electron chi connectivity index (χ4n) is 1.92. The zero-order chi connectivity index (χ0) is 15.0. The monoisotopic (exact) mass is 287 g/mol. The van der Waals surface area contributed by atoms with Gasteiger partial charge in [-0.2, -0.15) is 0 Å². The molecule has 20 heavy (non-hydrogen) atoms. The summed E-state index contributed by atoms with van der Waals surface area (Å²) in [5.41, 5.74) is 0. The summed E-state index contributed by atoms with van der Waals surface area (Å²) in [6, 6.07) is -0.232. The van der Waals surface area contributed by atoms with Crippen molar-refractivity contribution in [1.82, 2.24) is 15.1 Å². The standard InChI is InChI=1S/C12H21N3O5/c1-2-20-11(18)3-4-13-12(19)15-7-5-14(6-8-15)9-10(16)17/h2-9H2,1H3,(H,13,19)(H,16,17). The molecule has 0 saturated carbocycles. The van der Waals surface area contributed by atoms with E-state index < -0.39 is 5.97 Å². The molecule has 1 saturated heterocycles. The Kier molecular flexibility index (Phi) is 6.78. The number of urea groups is 1. The molecular weight excluding hydrogens is 266 g/mol. The van der Waals surface area contributed by atoms with Crippen LogP contribution in [0.15, 0.2) is 0 Å². The predicted octanol–water partition coefficient (Wildman–Crippen LogP) is -0.649. The fourth-order valence-corrected chi connectivity index (χ4v) is 1.92. The maximum absolute atomic E-state index is 11.8. The van der Waals surface area contributed by atoms with Crippen molar-refractivity contribution in [2.75, 3.05) is 45.9 Å². The molecule has 0 aromatic rings. The maximum Gasteiger partial charge on any atom is 0.317 e. The minimum atomic E-state index is -0.864. The molecule has 0 radical (unpaired) electrons. The Balaban J connectivity index is 2.19. The first-order valence-electron chi connectivity index (χ1n) is 6.65. The van der Waals surface area contributed by atoms with E-state index in [9.17, 15) is 14.4 Å². The smallest absolute Gasteiger partial charge is 0.317 e. The number of amides is 2. The van der Waals surface area contributed by atoms with Gasteiger partial charge >= 0.3 is 18.0 Å². The van der Waals surface area contributed by atoms with Crippen LogP contribution in [-0.4, -0.2) is 78.8 Å². The fraction of sp³-hybridized carbons (Fsp3) is 0.750. The Hall–Kier alpha value is -1.83. The normalized spacial score (nSPS) is 15.8. The van der Waals surface area contributed by atoms with Gasteiger partial charge in [-0.1, -0.05) is 0 Å². The number of aliphatic carboxylic acids is 1. The zero-order valence-corrected chi connectivity index (χ0v) is 11.6. The van der Waals surface area contributed by atoms with Crippen LogP contribution < -0.4 is 5.32 Å². The van der Waals surface area contributed by atoms with Crippen molar-refractivity contribution in [3.8, 4) is 0 Å². The summed E-state index contributed by atoms with van der Waals surface area (Å²) in [4.78, 5) is 36.9. The molecular formula is C12H21N3O5. The lowest BCUT2D eigenvalue weighted by molar-refractivity contribution is -0.143.